The maximum atomic E-state index is 11.9. The van der Waals surface area contributed by atoms with Crippen LogP contribution >= 0.6 is 0 Å². The van der Waals surface area contributed by atoms with E-state index in [2.05, 4.69) is 20.4 Å². The third-order valence-electron chi connectivity index (χ3n) is 4.56. The number of ether oxygens (including phenoxy) is 1. The van der Waals surface area contributed by atoms with Gasteiger partial charge in [-0.3, -0.25) is 5.32 Å². The lowest BCUT2D eigenvalue weighted by Gasteiger charge is -2.19. The fourth-order valence-electron chi connectivity index (χ4n) is 3.21. The van der Waals surface area contributed by atoms with E-state index in [1.807, 2.05) is 82.3 Å². The summed E-state index contributed by atoms with van der Waals surface area (Å²) in [5, 5.41) is 6.96. The predicted octanol–water partition coefficient (Wildman–Crippen LogP) is 6.05. The quantitative estimate of drug-likeness (QED) is 0.422. The number of carbonyl (C=O) groups is 1. The second-order valence-corrected chi connectivity index (χ2v) is 8.18. The predicted molar refractivity (Wildman–Crippen MR) is 120 cm³/mol. The molecule has 0 fully saturated rings. The number of anilines is 1. The molecular weight excluding hydrogens is 392 g/mol. The minimum atomic E-state index is -0.548. The number of hydrogen-bond acceptors (Lipinski definition) is 5. The summed E-state index contributed by atoms with van der Waals surface area (Å²) >= 11 is 0. The van der Waals surface area contributed by atoms with Gasteiger partial charge in [0, 0.05) is 16.8 Å². The highest BCUT2D eigenvalue weighted by Gasteiger charge is 2.19. The monoisotopic (exact) mass is 416 g/mol. The van der Waals surface area contributed by atoms with E-state index in [1.54, 1.807) is 6.20 Å². The van der Waals surface area contributed by atoms with Gasteiger partial charge in [0.25, 0.3) is 0 Å². The van der Waals surface area contributed by atoms with Crippen molar-refractivity contribution in [2.24, 2.45) is 0 Å². The normalized spacial score (nSPS) is 11.4. The number of aryl methyl sites for hydroxylation is 1. The van der Waals surface area contributed by atoms with E-state index in [-0.39, 0.29) is 0 Å². The number of aromatic nitrogens is 3. The Labute approximate surface area is 180 Å². The van der Waals surface area contributed by atoms with Gasteiger partial charge in [0.05, 0.1) is 17.5 Å². The lowest BCUT2D eigenvalue weighted by atomic mass is 10.0. The van der Waals surface area contributed by atoms with Crippen LogP contribution in [-0.2, 0) is 4.74 Å². The molecule has 0 aliphatic carbocycles. The number of rotatable bonds is 4. The Hall–Kier alpha value is -3.87. The second kappa shape index (κ2) is 8.10. The van der Waals surface area contributed by atoms with E-state index in [1.165, 1.54) is 0 Å². The van der Waals surface area contributed by atoms with Gasteiger partial charge >= 0.3 is 6.09 Å². The molecule has 1 amide bonds. The molecule has 0 aliphatic rings. The average molecular weight is 416 g/mol. The highest BCUT2D eigenvalue weighted by Crippen LogP contribution is 2.34. The molecule has 2 aromatic heterocycles. The van der Waals surface area contributed by atoms with Crippen molar-refractivity contribution in [3.63, 3.8) is 0 Å². The number of nitrogens with zero attached hydrogens (tertiary/aromatic N) is 2. The largest absolute Gasteiger partial charge is 0.444 e. The molecule has 7 heteroatoms. The highest BCUT2D eigenvalue weighted by atomic mass is 16.6. The van der Waals surface area contributed by atoms with Crippen LogP contribution in [0.1, 0.15) is 26.5 Å². The topological polar surface area (TPSA) is 93.0 Å². The lowest BCUT2D eigenvalue weighted by molar-refractivity contribution is 0.0636. The number of hydrogen-bond donors (Lipinski definition) is 2. The van der Waals surface area contributed by atoms with Crippen LogP contribution < -0.4 is 5.32 Å². The average Bonchev–Trinajstić information content (AvgIpc) is 3.34. The van der Waals surface area contributed by atoms with Gasteiger partial charge in [-0.05, 0) is 52.0 Å². The Balaban J connectivity index is 1.55. The van der Waals surface area contributed by atoms with Gasteiger partial charge in [-0.25, -0.2) is 9.78 Å². The van der Waals surface area contributed by atoms with Crippen LogP contribution in [0.5, 0.6) is 0 Å². The second-order valence-electron chi connectivity index (χ2n) is 8.18. The van der Waals surface area contributed by atoms with Crippen molar-refractivity contribution < 1.29 is 14.1 Å². The molecule has 0 radical (unpaired) electrons. The summed E-state index contributed by atoms with van der Waals surface area (Å²) in [5.74, 6) is 1.42. The van der Waals surface area contributed by atoms with E-state index in [9.17, 15) is 4.79 Å². The lowest BCUT2D eigenvalue weighted by Crippen LogP contribution is -2.27. The molecule has 7 nitrogen and oxygen atoms in total. The van der Waals surface area contributed by atoms with E-state index in [0.29, 0.717) is 17.3 Å². The van der Waals surface area contributed by atoms with Crippen LogP contribution in [0.25, 0.3) is 33.9 Å². The molecular formula is C24H24N4O3. The summed E-state index contributed by atoms with van der Waals surface area (Å²) in [7, 11) is 0. The van der Waals surface area contributed by atoms with Crippen molar-refractivity contribution in [1.29, 1.82) is 0 Å². The summed E-state index contributed by atoms with van der Waals surface area (Å²) in [6.07, 6.45) is 1.28. The fourth-order valence-corrected chi connectivity index (χ4v) is 3.21. The van der Waals surface area contributed by atoms with Gasteiger partial charge in [0.1, 0.15) is 22.9 Å². The number of benzene rings is 2. The number of aromatic amines is 1. The molecule has 31 heavy (non-hydrogen) atoms. The summed E-state index contributed by atoms with van der Waals surface area (Å²) < 4.78 is 10.7. The van der Waals surface area contributed by atoms with Gasteiger partial charge in [0.2, 0.25) is 0 Å². The number of amides is 1. The van der Waals surface area contributed by atoms with Crippen LogP contribution in [0.4, 0.5) is 10.5 Å². The zero-order valence-electron chi connectivity index (χ0n) is 17.9. The van der Waals surface area contributed by atoms with E-state index < -0.39 is 11.7 Å². The molecule has 0 spiro atoms. The molecule has 158 valence electrons. The smallest absolute Gasteiger partial charge is 0.412 e. The Kier molecular flexibility index (Phi) is 5.33. The molecule has 0 aliphatic heterocycles. The molecule has 0 bridgehead atoms. The first-order valence-corrected chi connectivity index (χ1v) is 9.98. The van der Waals surface area contributed by atoms with Crippen molar-refractivity contribution >= 4 is 11.8 Å². The van der Waals surface area contributed by atoms with Gasteiger partial charge in [0.15, 0.2) is 0 Å². The number of carbonyl (C=O) groups excluding carboxylic acids is 1. The SMILES string of the molecule is Cc1onc(-c2ccccc2)c1-c1cnc(-c2ccc(NC(=O)OC(C)(C)C)cc2)[nH]1. The minimum absolute atomic E-state index is 0.489. The molecule has 2 aromatic carbocycles. The van der Waals surface area contributed by atoms with Crippen LogP contribution in [0, 0.1) is 6.92 Å². The van der Waals surface area contributed by atoms with Crippen LogP contribution in [-0.4, -0.2) is 26.8 Å². The Bertz CT molecular complexity index is 1190. The van der Waals surface area contributed by atoms with Crippen molar-refractivity contribution in [2.75, 3.05) is 5.32 Å². The molecule has 0 unspecified atom stereocenters. The van der Waals surface area contributed by atoms with Gasteiger partial charge in [-0.2, -0.15) is 0 Å². The third-order valence-corrected chi connectivity index (χ3v) is 4.56. The zero-order valence-corrected chi connectivity index (χ0v) is 17.9. The Morgan fingerprint density at radius 1 is 1.03 bits per heavy atom. The number of nitrogens with one attached hydrogen (secondary N) is 2. The van der Waals surface area contributed by atoms with E-state index in [0.717, 1.165) is 28.1 Å². The molecule has 0 atom stereocenters. The van der Waals surface area contributed by atoms with Gasteiger partial charge in [-0.15, -0.1) is 0 Å². The fraction of sp³-hybridized carbons (Fsp3) is 0.208. The van der Waals surface area contributed by atoms with Crippen molar-refractivity contribution in [3.05, 3.63) is 66.6 Å². The van der Waals surface area contributed by atoms with Gasteiger partial charge < -0.3 is 14.2 Å². The maximum Gasteiger partial charge on any atom is 0.412 e. The summed E-state index contributed by atoms with van der Waals surface area (Å²) in [5.41, 5.74) is 4.43. The minimum Gasteiger partial charge on any atom is -0.444 e. The first kappa shape index (κ1) is 20.4. The van der Waals surface area contributed by atoms with Crippen molar-refractivity contribution in [3.8, 4) is 33.9 Å². The van der Waals surface area contributed by atoms with Crippen molar-refractivity contribution in [1.82, 2.24) is 15.1 Å². The van der Waals surface area contributed by atoms with E-state index in [4.69, 9.17) is 9.26 Å². The van der Waals surface area contributed by atoms with Gasteiger partial charge in [-0.1, -0.05) is 35.5 Å². The summed E-state index contributed by atoms with van der Waals surface area (Å²) in [6, 6.07) is 17.3. The first-order valence-electron chi connectivity index (χ1n) is 9.98. The summed E-state index contributed by atoms with van der Waals surface area (Å²) in [4.78, 5) is 19.8. The van der Waals surface area contributed by atoms with Crippen LogP contribution in [0.3, 0.4) is 0 Å². The number of H-pyrrole nitrogens is 1. The summed E-state index contributed by atoms with van der Waals surface area (Å²) in [6.45, 7) is 7.35. The first-order chi connectivity index (χ1) is 14.8. The molecule has 4 rings (SSSR count). The maximum absolute atomic E-state index is 11.9. The molecule has 4 aromatic rings. The van der Waals surface area contributed by atoms with Crippen LogP contribution in [0.2, 0.25) is 0 Å². The molecule has 0 saturated heterocycles. The standard InChI is InChI=1S/C24H24N4O3/c1-15-20(21(28-31-15)16-8-6-5-7-9-16)19-14-25-22(27-19)17-10-12-18(13-11-17)26-23(29)30-24(2,3)4/h5-14H,1-4H3,(H,25,27)(H,26,29). The Morgan fingerprint density at radius 3 is 2.42 bits per heavy atom. The molecule has 2 heterocycles. The number of imidazole rings is 1. The van der Waals surface area contributed by atoms with Crippen molar-refractivity contribution in [2.45, 2.75) is 33.3 Å². The zero-order chi connectivity index (χ0) is 22.0. The molecule has 2 N–H and O–H groups in total. The Morgan fingerprint density at radius 2 is 1.74 bits per heavy atom. The van der Waals surface area contributed by atoms with Crippen LogP contribution in [0.15, 0.2) is 65.3 Å². The highest BCUT2D eigenvalue weighted by molar-refractivity contribution is 5.85. The molecule has 0 saturated carbocycles. The third kappa shape index (κ3) is 4.66. The van der Waals surface area contributed by atoms with E-state index >= 15 is 0 Å².